The van der Waals surface area contributed by atoms with Gasteiger partial charge in [0.2, 0.25) is 0 Å². The van der Waals surface area contributed by atoms with Gasteiger partial charge < -0.3 is 9.84 Å². The summed E-state index contributed by atoms with van der Waals surface area (Å²) in [5.74, 6) is 1.66. The van der Waals surface area contributed by atoms with E-state index in [0.29, 0.717) is 11.7 Å². The number of ether oxygens (including phenoxy) is 1. The largest absolute Gasteiger partial charge is 0.508 e. The van der Waals surface area contributed by atoms with Gasteiger partial charge in [0.05, 0.1) is 0 Å². The number of hydrogen-bond acceptors (Lipinski definition) is 3. The first-order chi connectivity index (χ1) is 16.7. The van der Waals surface area contributed by atoms with Gasteiger partial charge in [0.1, 0.15) is 18.1 Å². The summed E-state index contributed by atoms with van der Waals surface area (Å²) in [6.07, 6.45) is 6.02. The van der Waals surface area contributed by atoms with Crippen molar-refractivity contribution in [3.8, 4) is 11.5 Å². The van der Waals surface area contributed by atoms with Crippen LogP contribution in [0.4, 0.5) is 0 Å². The van der Waals surface area contributed by atoms with E-state index in [0.717, 1.165) is 31.7 Å². The molecule has 1 fully saturated rings. The number of nitrogens with zero attached hydrogens (tertiary/aromatic N) is 1. The van der Waals surface area contributed by atoms with Gasteiger partial charge in [-0.3, -0.25) is 4.90 Å². The van der Waals surface area contributed by atoms with Crippen molar-refractivity contribution in [2.24, 2.45) is 5.92 Å². The molecule has 1 aliphatic carbocycles. The topological polar surface area (TPSA) is 32.7 Å². The average molecular weight is 454 g/mol. The molecule has 1 atom stereocenters. The fourth-order valence-corrected chi connectivity index (χ4v) is 5.63. The summed E-state index contributed by atoms with van der Waals surface area (Å²) in [6.45, 7) is 6.44. The summed E-state index contributed by atoms with van der Waals surface area (Å²) < 4.78 is 6.04. The Morgan fingerprint density at radius 1 is 0.882 bits per heavy atom. The van der Waals surface area contributed by atoms with E-state index in [1.165, 1.54) is 65.8 Å². The van der Waals surface area contributed by atoms with Crippen LogP contribution < -0.4 is 4.74 Å². The highest BCUT2D eigenvalue weighted by Gasteiger charge is 2.26. The number of fused-ring (bicyclic) bond motifs is 1. The molecule has 5 rings (SSSR count). The lowest BCUT2D eigenvalue weighted by Crippen LogP contribution is -2.33. The Balaban J connectivity index is 1.30. The summed E-state index contributed by atoms with van der Waals surface area (Å²) >= 11 is 0. The van der Waals surface area contributed by atoms with Crippen LogP contribution in [-0.2, 0) is 12.8 Å². The molecule has 1 N–H and O–H groups in total. The molecule has 0 aromatic heterocycles. The molecule has 34 heavy (non-hydrogen) atoms. The van der Waals surface area contributed by atoms with Gasteiger partial charge >= 0.3 is 0 Å². The maximum Gasteiger partial charge on any atom is 0.119 e. The van der Waals surface area contributed by atoms with E-state index in [1.807, 2.05) is 12.1 Å². The van der Waals surface area contributed by atoms with E-state index >= 15 is 0 Å². The van der Waals surface area contributed by atoms with E-state index in [9.17, 15) is 5.11 Å². The van der Waals surface area contributed by atoms with Crippen molar-refractivity contribution in [2.75, 3.05) is 26.2 Å². The lowest BCUT2D eigenvalue weighted by atomic mass is 9.74. The van der Waals surface area contributed by atoms with Crippen LogP contribution in [0.2, 0.25) is 0 Å². The van der Waals surface area contributed by atoms with Gasteiger partial charge in [-0.1, -0.05) is 55.0 Å². The van der Waals surface area contributed by atoms with Crippen LogP contribution >= 0.6 is 0 Å². The molecule has 0 saturated carbocycles. The minimum atomic E-state index is 0.311. The number of phenols is 1. The maximum absolute atomic E-state index is 9.81. The Morgan fingerprint density at radius 3 is 2.38 bits per heavy atom. The molecule has 176 valence electrons. The van der Waals surface area contributed by atoms with Gasteiger partial charge in [0.15, 0.2) is 0 Å². The van der Waals surface area contributed by atoms with Crippen LogP contribution in [0.5, 0.6) is 11.5 Å². The first-order valence-electron chi connectivity index (χ1n) is 12.7. The second kappa shape index (κ2) is 10.5. The van der Waals surface area contributed by atoms with Crippen molar-refractivity contribution in [2.45, 2.75) is 39.0 Å². The molecule has 0 spiro atoms. The number of aromatic hydroxyl groups is 1. The van der Waals surface area contributed by atoms with Gasteiger partial charge in [0.25, 0.3) is 0 Å². The van der Waals surface area contributed by atoms with Gasteiger partial charge in [0, 0.05) is 6.54 Å². The normalized spacial score (nSPS) is 18.6. The molecule has 3 heteroatoms. The van der Waals surface area contributed by atoms with E-state index in [1.54, 1.807) is 12.1 Å². The lowest BCUT2D eigenvalue weighted by Gasteiger charge is -2.30. The molecule has 3 aromatic rings. The summed E-state index contributed by atoms with van der Waals surface area (Å²) in [5.41, 5.74) is 8.03. The number of piperidine rings is 1. The van der Waals surface area contributed by atoms with Crippen molar-refractivity contribution in [1.82, 2.24) is 4.90 Å². The quantitative estimate of drug-likeness (QED) is 0.437. The monoisotopic (exact) mass is 453 g/mol. The summed E-state index contributed by atoms with van der Waals surface area (Å²) in [4.78, 5) is 2.51. The fraction of sp³-hybridized carbons (Fsp3) is 0.355. The third-order valence-corrected chi connectivity index (χ3v) is 7.41. The van der Waals surface area contributed by atoms with E-state index in [4.69, 9.17) is 4.74 Å². The summed E-state index contributed by atoms with van der Waals surface area (Å²) in [5, 5.41) is 9.81. The minimum Gasteiger partial charge on any atom is -0.508 e. The van der Waals surface area contributed by atoms with Crippen LogP contribution in [-0.4, -0.2) is 36.2 Å². The second-order valence-corrected chi connectivity index (χ2v) is 9.74. The fourth-order valence-electron chi connectivity index (χ4n) is 5.63. The van der Waals surface area contributed by atoms with Gasteiger partial charge in [-0.05, 0) is 109 Å². The Hall–Kier alpha value is -3.04. The molecule has 1 unspecified atom stereocenters. The third-order valence-electron chi connectivity index (χ3n) is 7.41. The maximum atomic E-state index is 9.81. The van der Waals surface area contributed by atoms with E-state index < -0.39 is 0 Å². The number of benzene rings is 3. The molecule has 2 aliphatic rings. The second-order valence-electron chi connectivity index (χ2n) is 9.74. The van der Waals surface area contributed by atoms with Crippen molar-refractivity contribution in [1.29, 1.82) is 0 Å². The zero-order valence-electron chi connectivity index (χ0n) is 20.2. The van der Waals surface area contributed by atoms with Crippen molar-refractivity contribution < 1.29 is 9.84 Å². The Kier molecular flexibility index (Phi) is 7.01. The van der Waals surface area contributed by atoms with Gasteiger partial charge in [-0.2, -0.15) is 0 Å². The van der Waals surface area contributed by atoms with Crippen LogP contribution in [0.15, 0.2) is 72.8 Å². The predicted molar refractivity (Wildman–Crippen MR) is 140 cm³/mol. The Labute approximate surface area is 203 Å². The van der Waals surface area contributed by atoms with Crippen LogP contribution in [0.1, 0.15) is 48.4 Å². The Bertz CT molecular complexity index is 1120. The molecule has 1 aliphatic heterocycles. The highest BCUT2D eigenvalue weighted by atomic mass is 16.5. The third kappa shape index (κ3) is 5.20. The molecular formula is C31H35NO2. The van der Waals surface area contributed by atoms with Crippen LogP contribution in [0, 0.1) is 5.92 Å². The molecular weight excluding hydrogens is 418 g/mol. The number of hydrogen-bond donors (Lipinski definition) is 1. The smallest absolute Gasteiger partial charge is 0.119 e. The highest BCUT2D eigenvalue weighted by molar-refractivity contribution is 5.93. The molecule has 0 amide bonds. The first-order valence-corrected chi connectivity index (χ1v) is 12.7. The zero-order chi connectivity index (χ0) is 23.3. The average Bonchev–Trinajstić information content (AvgIpc) is 2.87. The molecule has 1 heterocycles. The zero-order valence-corrected chi connectivity index (χ0v) is 20.2. The number of rotatable bonds is 7. The number of allylic oxidation sites excluding steroid dienone is 2. The number of phenolic OH excluding ortho intramolecular Hbond substituents is 1. The molecule has 0 bridgehead atoms. The lowest BCUT2D eigenvalue weighted by molar-refractivity contribution is 0.183. The summed E-state index contributed by atoms with van der Waals surface area (Å²) in [7, 11) is 0. The van der Waals surface area contributed by atoms with Gasteiger partial charge in [-0.15, -0.1) is 0 Å². The summed E-state index contributed by atoms with van der Waals surface area (Å²) in [6, 6.07) is 25.1. The Morgan fingerprint density at radius 2 is 1.62 bits per heavy atom. The molecule has 3 nitrogen and oxygen atoms in total. The molecule has 1 saturated heterocycles. The standard InChI is InChI=1S/C31H35NO2/c1-23-30-8-4-3-7-26(30)22-27(31(23)25-11-13-28(33)14-12-25)21-24-9-15-29(16-10-24)34-20-19-32-17-5-2-6-18-32/h3-4,7-16,27,33H,2,5-6,17-22H2,1H3. The van der Waals surface area contributed by atoms with Crippen LogP contribution in [0.25, 0.3) is 11.1 Å². The van der Waals surface area contributed by atoms with Crippen LogP contribution in [0.3, 0.4) is 0 Å². The van der Waals surface area contributed by atoms with Gasteiger partial charge in [-0.25, -0.2) is 0 Å². The predicted octanol–water partition coefficient (Wildman–Crippen LogP) is 6.60. The number of likely N-dealkylation sites (tertiary alicyclic amines) is 1. The van der Waals surface area contributed by atoms with Crippen molar-refractivity contribution in [3.63, 3.8) is 0 Å². The van der Waals surface area contributed by atoms with E-state index in [2.05, 4.69) is 60.4 Å². The highest BCUT2D eigenvalue weighted by Crippen LogP contribution is 2.42. The minimum absolute atomic E-state index is 0.311. The molecule has 3 aromatic carbocycles. The first kappa shape index (κ1) is 22.7. The van der Waals surface area contributed by atoms with Crippen molar-refractivity contribution in [3.05, 3.63) is 95.1 Å². The SMILES string of the molecule is CC1=C(c2ccc(O)cc2)C(Cc2ccc(OCCN3CCCCC3)cc2)Cc2ccccc21. The van der Waals surface area contributed by atoms with Crippen molar-refractivity contribution >= 4 is 11.1 Å². The molecule has 0 radical (unpaired) electrons. The van der Waals surface area contributed by atoms with E-state index in [-0.39, 0.29) is 0 Å².